The first-order valence-electron chi connectivity index (χ1n) is 5.86. The molecular formula is C9H14N4O6S2. The molecule has 10 nitrogen and oxygen atoms in total. The molecule has 0 radical (unpaired) electrons. The van der Waals surface area contributed by atoms with E-state index in [2.05, 4.69) is 10.2 Å². The molecule has 0 bridgehead atoms. The number of H-pyrrole nitrogens is 1. The Hall–Kier alpha value is -1.50. The molecule has 118 valence electrons. The van der Waals surface area contributed by atoms with Gasteiger partial charge in [-0.1, -0.05) is 0 Å². The molecule has 0 amide bonds. The Morgan fingerprint density at radius 3 is 2.19 bits per heavy atom. The van der Waals surface area contributed by atoms with Crippen molar-refractivity contribution in [1.82, 2.24) is 18.8 Å². The molecule has 0 unspecified atom stereocenters. The molecule has 1 aromatic heterocycles. The summed E-state index contributed by atoms with van der Waals surface area (Å²) in [6, 6.07) is 0. The maximum absolute atomic E-state index is 12.4. The highest BCUT2D eigenvalue weighted by Gasteiger charge is 2.34. The van der Waals surface area contributed by atoms with Gasteiger partial charge < -0.3 is 5.11 Å². The van der Waals surface area contributed by atoms with Crippen LogP contribution in [-0.2, 0) is 20.0 Å². The first-order chi connectivity index (χ1) is 9.64. The Balaban J connectivity index is 2.23. The number of carboxylic acids is 1. The summed E-state index contributed by atoms with van der Waals surface area (Å²) >= 11 is 0. The molecule has 0 spiro atoms. The molecule has 0 saturated carbocycles. The Kier molecular flexibility index (Phi) is 4.06. The molecule has 2 rings (SSSR count). The van der Waals surface area contributed by atoms with Crippen LogP contribution in [0.1, 0.15) is 10.4 Å². The van der Waals surface area contributed by atoms with Crippen molar-refractivity contribution in [1.29, 1.82) is 0 Å². The summed E-state index contributed by atoms with van der Waals surface area (Å²) in [6.45, 7) is -0.0514. The van der Waals surface area contributed by atoms with E-state index in [9.17, 15) is 21.6 Å². The van der Waals surface area contributed by atoms with Gasteiger partial charge in [-0.05, 0) is 0 Å². The Morgan fingerprint density at radius 2 is 1.71 bits per heavy atom. The number of hydrogen-bond donors (Lipinski definition) is 2. The van der Waals surface area contributed by atoms with Crippen LogP contribution in [0.2, 0.25) is 0 Å². The number of carbonyl (C=O) groups is 1. The lowest BCUT2D eigenvalue weighted by molar-refractivity contribution is 0.0692. The summed E-state index contributed by atoms with van der Waals surface area (Å²) < 4.78 is 49.7. The topological polar surface area (TPSA) is 141 Å². The van der Waals surface area contributed by atoms with Crippen LogP contribution in [0.15, 0.2) is 11.2 Å². The number of aromatic amines is 1. The number of sulfonamides is 2. The van der Waals surface area contributed by atoms with E-state index in [4.69, 9.17) is 5.11 Å². The van der Waals surface area contributed by atoms with E-state index in [-0.39, 0.29) is 26.2 Å². The normalized spacial score (nSPS) is 18.7. The first kappa shape index (κ1) is 15.9. The summed E-state index contributed by atoms with van der Waals surface area (Å²) in [5.74, 6) is -1.41. The van der Waals surface area contributed by atoms with Crippen LogP contribution in [0.4, 0.5) is 0 Å². The molecule has 2 N–H and O–H groups in total. The molecule has 2 heterocycles. The van der Waals surface area contributed by atoms with E-state index in [1.54, 1.807) is 0 Å². The van der Waals surface area contributed by atoms with Gasteiger partial charge in [0.25, 0.3) is 10.0 Å². The summed E-state index contributed by atoms with van der Waals surface area (Å²) in [4.78, 5) is 11.0. The molecule has 0 aliphatic carbocycles. The summed E-state index contributed by atoms with van der Waals surface area (Å²) in [5.41, 5.74) is -0.444. The molecule has 1 aromatic rings. The largest absolute Gasteiger partial charge is 0.478 e. The first-order valence-corrected chi connectivity index (χ1v) is 9.15. The molecule has 0 aromatic carbocycles. The minimum atomic E-state index is -4.05. The van der Waals surface area contributed by atoms with Crippen molar-refractivity contribution in [3.8, 4) is 0 Å². The standard InChI is InChI=1S/C9H14N4O6S2/c1-20(16,17)12-2-4-13(5-3-12)21(18,19)8-7(9(14)15)6-10-11-8/h6H,2-5H2,1H3,(H,10,11)(H,14,15). The predicted octanol–water partition coefficient (Wildman–Crippen LogP) is -1.63. The fraction of sp³-hybridized carbons (Fsp3) is 0.556. The highest BCUT2D eigenvalue weighted by molar-refractivity contribution is 7.89. The van der Waals surface area contributed by atoms with Gasteiger partial charge in [-0.15, -0.1) is 0 Å². The van der Waals surface area contributed by atoms with Gasteiger partial charge in [-0.2, -0.15) is 13.7 Å². The van der Waals surface area contributed by atoms with E-state index in [1.165, 1.54) is 4.31 Å². The summed E-state index contributed by atoms with van der Waals surface area (Å²) in [7, 11) is -7.42. The van der Waals surface area contributed by atoms with Crippen LogP contribution in [0.25, 0.3) is 0 Å². The third-order valence-corrected chi connectivity index (χ3v) is 6.27. The zero-order valence-corrected chi connectivity index (χ0v) is 12.7. The van der Waals surface area contributed by atoms with Gasteiger partial charge in [-0.3, -0.25) is 5.10 Å². The smallest absolute Gasteiger partial charge is 0.340 e. The van der Waals surface area contributed by atoms with Gasteiger partial charge in [0.15, 0.2) is 5.03 Å². The third-order valence-electron chi connectivity index (χ3n) is 3.10. The number of nitrogens with zero attached hydrogens (tertiary/aromatic N) is 3. The van der Waals surface area contributed by atoms with Crippen molar-refractivity contribution in [2.75, 3.05) is 32.4 Å². The van der Waals surface area contributed by atoms with Crippen LogP contribution in [0.5, 0.6) is 0 Å². The van der Waals surface area contributed by atoms with Crippen LogP contribution >= 0.6 is 0 Å². The average Bonchev–Trinajstić information content (AvgIpc) is 2.88. The van der Waals surface area contributed by atoms with Crippen molar-refractivity contribution in [2.45, 2.75) is 5.03 Å². The van der Waals surface area contributed by atoms with E-state index in [1.807, 2.05) is 0 Å². The van der Waals surface area contributed by atoms with Crippen molar-refractivity contribution < 1.29 is 26.7 Å². The number of nitrogens with one attached hydrogen (secondary N) is 1. The van der Waals surface area contributed by atoms with Crippen molar-refractivity contribution >= 4 is 26.0 Å². The lowest BCUT2D eigenvalue weighted by atomic mass is 10.4. The highest BCUT2D eigenvalue weighted by Crippen LogP contribution is 2.19. The predicted molar refractivity (Wildman–Crippen MR) is 70.7 cm³/mol. The molecule has 0 atom stereocenters. The van der Waals surface area contributed by atoms with E-state index in [0.717, 1.165) is 16.8 Å². The number of rotatable bonds is 4. The maximum atomic E-state index is 12.4. The number of carboxylic acid groups (broad SMARTS) is 1. The third kappa shape index (κ3) is 3.07. The van der Waals surface area contributed by atoms with Gasteiger partial charge in [0.2, 0.25) is 10.0 Å². The van der Waals surface area contributed by atoms with Crippen LogP contribution in [0, 0.1) is 0 Å². The number of piperazine rings is 1. The van der Waals surface area contributed by atoms with E-state index >= 15 is 0 Å². The lowest BCUT2D eigenvalue weighted by Gasteiger charge is -2.32. The summed E-state index contributed by atoms with van der Waals surface area (Å²) in [6.07, 6.45) is 1.97. The molecule has 1 aliphatic rings. The second kappa shape index (κ2) is 5.36. The average molecular weight is 338 g/mol. The van der Waals surface area contributed by atoms with Crippen molar-refractivity contribution in [2.24, 2.45) is 0 Å². The highest BCUT2D eigenvalue weighted by atomic mass is 32.2. The quantitative estimate of drug-likeness (QED) is 0.671. The maximum Gasteiger partial charge on any atom is 0.340 e. The van der Waals surface area contributed by atoms with Crippen LogP contribution in [-0.4, -0.2) is 79.2 Å². The Labute approximate surface area is 121 Å². The minimum Gasteiger partial charge on any atom is -0.478 e. The Bertz CT molecular complexity index is 745. The monoisotopic (exact) mass is 338 g/mol. The number of hydrogen-bond acceptors (Lipinski definition) is 6. The zero-order chi connectivity index (χ0) is 15.8. The van der Waals surface area contributed by atoms with Crippen molar-refractivity contribution in [3.05, 3.63) is 11.8 Å². The van der Waals surface area contributed by atoms with Gasteiger partial charge in [0.05, 0.1) is 12.5 Å². The second-order valence-electron chi connectivity index (χ2n) is 4.48. The molecule has 1 fully saturated rings. The van der Waals surface area contributed by atoms with Crippen molar-refractivity contribution in [3.63, 3.8) is 0 Å². The second-order valence-corrected chi connectivity index (χ2v) is 8.34. The van der Waals surface area contributed by atoms with Gasteiger partial charge in [0, 0.05) is 26.2 Å². The van der Waals surface area contributed by atoms with E-state index in [0.29, 0.717) is 0 Å². The molecule has 21 heavy (non-hydrogen) atoms. The summed E-state index contributed by atoms with van der Waals surface area (Å²) in [5, 5.41) is 14.1. The van der Waals surface area contributed by atoms with Gasteiger partial charge in [0.1, 0.15) is 5.56 Å². The SMILES string of the molecule is CS(=O)(=O)N1CCN(S(=O)(=O)c2[nH]ncc2C(=O)O)CC1. The minimum absolute atomic E-state index is 0.0224. The lowest BCUT2D eigenvalue weighted by Crippen LogP contribution is -2.50. The molecule has 12 heteroatoms. The fourth-order valence-electron chi connectivity index (χ4n) is 1.99. The van der Waals surface area contributed by atoms with Gasteiger partial charge >= 0.3 is 5.97 Å². The Morgan fingerprint density at radius 1 is 1.19 bits per heavy atom. The molecule has 1 saturated heterocycles. The fourth-order valence-corrected chi connectivity index (χ4v) is 4.31. The molecular weight excluding hydrogens is 324 g/mol. The van der Waals surface area contributed by atoms with Crippen LogP contribution in [0.3, 0.4) is 0 Å². The number of aromatic nitrogens is 2. The van der Waals surface area contributed by atoms with E-state index < -0.39 is 36.6 Å². The molecule has 1 aliphatic heterocycles. The number of aromatic carboxylic acids is 1. The zero-order valence-electron chi connectivity index (χ0n) is 11.1. The van der Waals surface area contributed by atoms with Crippen LogP contribution < -0.4 is 0 Å². The van der Waals surface area contributed by atoms with Gasteiger partial charge in [-0.25, -0.2) is 21.6 Å².